The van der Waals surface area contributed by atoms with Gasteiger partial charge in [0.05, 0.1) is 6.10 Å². The Kier molecular flexibility index (Phi) is 5.70. The summed E-state index contributed by atoms with van der Waals surface area (Å²) in [5.74, 6) is 1.61. The molecule has 0 saturated carbocycles. The molecule has 3 rings (SSSR count). The summed E-state index contributed by atoms with van der Waals surface area (Å²) in [6.07, 6.45) is 5.11. The van der Waals surface area contributed by atoms with Gasteiger partial charge in [0, 0.05) is 19.7 Å². The third kappa shape index (κ3) is 4.45. The molecule has 2 aliphatic heterocycles. The topological polar surface area (TPSA) is 47.7 Å². The molecule has 2 heterocycles. The Morgan fingerprint density at radius 2 is 2.05 bits per heavy atom. The minimum Gasteiger partial charge on any atom is -0.491 e. The Labute approximate surface area is 133 Å². The average molecular weight is 304 g/mol. The van der Waals surface area contributed by atoms with Crippen LogP contribution in [0.3, 0.4) is 0 Å². The fraction of sp³-hybridized carbons (Fsp3) is 0.667. The van der Waals surface area contributed by atoms with Crippen LogP contribution in [0.1, 0.15) is 31.2 Å². The van der Waals surface area contributed by atoms with E-state index < -0.39 is 0 Å². The zero-order valence-corrected chi connectivity index (χ0v) is 13.4. The van der Waals surface area contributed by atoms with E-state index >= 15 is 0 Å². The van der Waals surface area contributed by atoms with Gasteiger partial charge in [0.15, 0.2) is 0 Å². The van der Waals surface area contributed by atoms with E-state index in [1.165, 1.54) is 24.9 Å². The fourth-order valence-corrected chi connectivity index (χ4v) is 3.40. The number of benzene rings is 1. The van der Waals surface area contributed by atoms with Crippen LogP contribution in [0.15, 0.2) is 24.3 Å². The van der Waals surface area contributed by atoms with E-state index in [1.54, 1.807) is 0 Å². The van der Waals surface area contributed by atoms with Crippen molar-refractivity contribution in [3.05, 3.63) is 29.8 Å². The predicted octanol–water partition coefficient (Wildman–Crippen LogP) is 2.42. The van der Waals surface area contributed by atoms with Crippen LogP contribution in [0.25, 0.3) is 0 Å². The van der Waals surface area contributed by atoms with Crippen molar-refractivity contribution in [3.8, 4) is 5.75 Å². The van der Waals surface area contributed by atoms with Crippen molar-refractivity contribution in [2.45, 2.75) is 38.3 Å². The van der Waals surface area contributed by atoms with Crippen molar-refractivity contribution in [2.75, 3.05) is 32.8 Å². The smallest absolute Gasteiger partial charge is 0.119 e. The number of likely N-dealkylation sites (tertiary alicyclic amines) is 1. The van der Waals surface area contributed by atoms with Crippen molar-refractivity contribution in [1.82, 2.24) is 4.90 Å². The molecule has 2 saturated heterocycles. The number of rotatable bonds is 6. The number of nitrogens with two attached hydrogens (primary N) is 1. The van der Waals surface area contributed by atoms with Gasteiger partial charge in [0.2, 0.25) is 0 Å². The molecule has 0 amide bonds. The van der Waals surface area contributed by atoms with Crippen molar-refractivity contribution in [3.63, 3.8) is 0 Å². The third-order valence-electron chi connectivity index (χ3n) is 4.73. The summed E-state index contributed by atoms with van der Waals surface area (Å²) in [5, 5.41) is 0. The predicted molar refractivity (Wildman–Crippen MR) is 88.0 cm³/mol. The summed E-state index contributed by atoms with van der Waals surface area (Å²) in [5.41, 5.74) is 7.16. The maximum atomic E-state index is 5.81. The molecule has 0 bridgehead atoms. The first-order valence-electron chi connectivity index (χ1n) is 8.59. The molecule has 2 atom stereocenters. The second-order valence-corrected chi connectivity index (χ2v) is 6.57. The lowest BCUT2D eigenvalue weighted by Crippen LogP contribution is -2.37. The molecular weight excluding hydrogens is 276 g/mol. The second kappa shape index (κ2) is 7.95. The van der Waals surface area contributed by atoms with Crippen molar-refractivity contribution < 1.29 is 9.47 Å². The molecule has 0 aliphatic carbocycles. The van der Waals surface area contributed by atoms with Gasteiger partial charge in [-0.05, 0) is 62.4 Å². The molecular formula is C18H28N2O2. The molecule has 2 N–H and O–H groups in total. The van der Waals surface area contributed by atoms with Crippen molar-refractivity contribution in [1.29, 1.82) is 0 Å². The molecule has 4 nitrogen and oxygen atoms in total. The largest absolute Gasteiger partial charge is 0.491 e. The molecule has 2 aliphatic rings. The number of piperidine rings is 1. The Hall–Kier alpha value is -1.10. The summed E-state index contributed by atoms with van der Waals surface area (Å²) in [4.78, 5) is 2.52. The Bertz CT molecular complexity index is 443. The quantitative estimate of drug-likeness (QED) is 0.877. The first kappa shape index (κ1) is 15.8. The van der Waals surface area contributed by atoms with Gasteiger partial charge >= 0.3 is 0 Å². The lowest BCUT2D eigenvalue weighted by molar-refractivity contribution is 0.0679. The van der Waals surface area contributed by atoms with Crippen LogP contribution in [-0.4, -0.2) is 43.9 Å². The van der Waals surface area contributed by atoms with Gasteiger partial charge in [0.25, 0.3) is 0 Å². The van der Waals surface area contributed by atoms with Crippen LogP contribution in [-0.2, 0) is 11.3 Å². The third-order valence-corrected chi connectivity index (χ3v) is 4.73. The molecule has 1 aromatic carbocycles. The average Bonchev–Trinajstić information content (AvgIpc) is 3.08. The number of hydrogen-bond donors (Lipinski definition) is 1. The first-order chi connectivity index (χ1) is 10.8. The van der Waals surface area contributed by atoms with Crippen LogP contribution in [0.4, 0.5) is 0 Å². The summed E-state index contributed by atoms with van der Waals surface area (Å²) < 4.78 is 11.4. The maximum Gasteiger partial charge on any atom is 0.119 e. The molecule has 122 valence electrons. The van der Waals surface area contributed by atoms with E-state index in [-0.39, 0.29) is 6.10 Å². The second-order valence-electron chi connectivity index (χ2n) is 6.57. The minimum atomic E-state index is 0.279. The highest BCUT2D eigenvalue weighted by Crippen LogP contribution is 2.20. The lowest BCUT2D eigenvalue weighted by Gasteiger charge is -2.32. The van der Waals surface area contributed by atoms with E-state index in [4.69, 9.17) is 15.2 Å². The van der Waals surface area contributed by atoms with Crippen LogP contribution in [0.5, 0.6) is 5.75 Å². The van der Waals surface area contributed by atoms with Gasteiger partial charge in [-0.15, -0.1) is 0 Å². The monoisotopic (exact) mass is 304 g/mol. The van der Waals surface area contributed by atoms with Gasteiger partial charge < -0.3 is 15.2 Å². The summed E-state index contributed by atoms with van der Waals surface area (Å²) >= 11 is 0. The Balaban J connectivity index is 1.46. The molecule has 0 radical (unpaired) electrons. The zero-order chi connectivity index (χ0) is 15.2. The Morgan fingerprint density at radius 3 is 2.77 bits per heavy atom. The van der Waals surface area contributed by atoms with E-state index in [9.17, 15) is 0 Å². The summed E-state index contributed by atoms with van der Waals surface area (Å²) in [7, 11) is 0. The van der Waals surface area contributed by atoms with E-state index in [1.807, 2.05) is 0 Å². The van der Waals surface area contributed by atoms with Gasteiger partial charge in [-0.2, -0.15) is 0 Å². The maximum absolute atomic E-state index is 5.81. The number of nitrogens with zero attached hydrogens (tertiary/aromatic N) is 1. The lowest BCUT2D eigenvalue weighted by atomic mass is 9.98. The summed E-state index contributed by atoms with van der Waals surface area (Å²) in [6.45, 7) is 5.70. The van der Waals surface area contributed by atoms with Crippen LogP contribution < -0.4 is 10.5 Å². The summed E-state index contributed by atoms with van der Waals surface area (Å²) in [6, 6.07) is 8.51. The molecule has 0 aromatic heterocycles. The van der Waals surface area contributed by atoms with Crippen LogP contribution in [0, 0.1) is 5.92 Å². The van der Waals surface area contributed by atoms with Crippen LogP contribution >= 0.6 is 0 Å². The standard InChI is InChI=1S/C18H28N2O2/c19-11-16-3-1-9-20(13-16)12-15-5-7-17(8-6-15)22-14-18-4-2-10-21-18/h5-8,16,18H,1-4,9-14,19H2. The highest BCUT2D eigenvalue weighted by Gasteiger charge is 2.19. The molecule has 22 heavy (non-hydrogen) atoms. The molecule has 1 aromatic rings. The van der Waals surface area contributed by atoms with Gasteiger partial charge in [-0.25, -0.2) is 0 Å². The molecule has 2 fully saturated rings. The molecule has 0 spiro atoms. The Morgan fingerprint density at radius 1 is 1.18 bits per heavy atom. The van der Waals surface area contributed by atoms with E-state index in [0.29, 0.717) is 12.5 Å². The number of ether oxygens (including phenoxy) is 2. The molecule has 4 heteroatoms. The van der Waals surface area contributed by atoms with E-state index in [0.717, 1.165) is 44.8 Å². The van der Waals surface area contributed by atoms with Crippen molar-refractivity contribution in [2.24, 2.45) is 11.7 Å². The highest BCUT2D eigenvalue weighted by molar-refractivity contribution is 5.27. The molecule has 2 unspecified atom stereocenters. The van der Waals surface area contributed by atoms with Crippen molar-refractivity contribution >= 4 is 0 Å². The fourth-order valence-electron chi connectivity index (χ4n) is 3.40. The van der Waals surface area contributed by atoms with Gasteiger partial charge in [-0.3, -0.25) is 4.90 Å². The van der Waals surface area contributed by atoms with Gasteiger partial charge in [-0.1, -0.05) is 12.1 Å². The zero-order valence-electron chi connectivity index (χ0n) is 13.4. The highest BCUT2D eigenvalue weighted by atomic mass is 16.5. The van der Waals surface area contributed by atoms with E-state index in [2.05, 4.69) is 29.2 Å². The van der Waals surface area contributed by atoms with Crippen LogP contribution in [0.2, 0.25) is 0 Å². The normalized spacial score (nSPS) is 26.2. The van der Waals surface area contributed by atoms with Gasteiger partial charge in [0.1, 0.15) is 12.4 Å². The SMILES string of the molecule is NCC1CCCN(Cc2ccc(OCC3CCCO3)cc2)C1. The first-order valence-corrected chi connectivity index (χ1v) is 8.59. The minimum absolute atomic E-state index is 0.279. The number of hydrogen-bond acceptors (Lipinski definition) is 4.